The van der Waals surface area contributed by atoms with Crippen LogP contribution < -0.4 is 5.32 Å². The van der Waals surface area contributed by atoms with Gasteiger partial charge in [-0.1, -0.05) is 13.8 Å². The van der Waals surface area contributed by atoms with E-state index in [1.807, 2.05) is 0 Å². The highest BCUT2D eigenvalue weighted by molar-refractivity contribution is 5.77. The molecule has 0 saturated carbocycles. The normalized spacial score (nSPS) is 25.8. The van der Waals surface area contributed by atoms with Crippen LogP contribution in [0.15, 0.2) is 0 Å². The van der Waals surface area contributed by atoms with E-state index in [0.717, 1.165) is 31.3 Å². The van der Waals surface area contributed by atoms with Gasteiger partial charge in [-0.2, -0.15) is 0 Å². The van der Waals surface area contributed by atoms with Gasteiger partial charge in [0.05, 0.1) is 0 Å². The standard InChI is InChI=1S/C13H26N2O2/c1-11-7-12(2)9-15(8-11)6-4-5-14-13(16)10-17-3/h11-12H,4-10H2,1-3H3,(H,14,16)/t11-,12+. The molecule has 0 bridgehead atoms. The molecule has 0 spiro atoms. The molecule has 0 aromatic carbocycles. The molecule has 0 radical (unpaired) electrons. The molecule has 2 atom stereocenters. The first-order valence-corrected chi connectivity index (χ1v) is 6.59. The Labute approximate surface area is 105 Å². The number of methoxy groups -OCH3 is 1. The summed E-state index contributed by atoms with van der Waals surface area (Å²) in [6, 6.07) is 0. The number of hydrogen-bond donors (Lipinski definition) is 1. The Morgan fingerprint density at radius 2 is 2.00 bits per heavy atom. The van der Waals surface area contributed by atoms with E-state index in [9.17, 15) is 4.79 Å². The lowest BCUT2D eigenvalue weighted by atomic mass is 9.92. The van der Waals surface area contributed by atoms with Crippen molar-refractivity contribution in [2.45, 2.75) is 26.7 Å². The van der Waals surface area contributed by atoms with E-state index in [1.165, 1.54) is 26.6 Å². The maximum atomic E-state index is 11.1. The van der Waals surface area contributed by atoms with Crippen molar-refractivity contribution >= 4 is 5.91 Å². The molecule has 4 heteroatoms. The van der Waals surface area contributed by atoms with Crippen molar-refractivity contribution in [2.24, 2.45) is 11.8 Å². The SMILES string of the molecule is COCC(=O)NCCCN1C[C@H](C)C[C@H](C)C1. The van der Waals surface area contributed by atoms with Gasteiger partial charge in [0.2, 0.25) is 5.91 Å². The molecule has 0 aromatic rings. The minimum absolute atomic E-state index is 0.0205. The second kappa shape index (κ2) is 7.67. The van der Waals surface area contributed by atoms with Gasteiger partial charge in [0.1, 0.15) is 6.61 Å². The van der Waals surface area contributed by atoms with Crippen molar-refractivity contribution < 1.29 is 9.53 Å². The van der Waals surface area contributed by atoms with Crippen LogP contribution in [0.2, 0.25) is 0 Å². The van der Waals surface area contributed by atoms with Gasteiger partial charge in [0.15, 0.2) is 0 Å². The second-order valence-electron chi connectivity index (χ2n) is 5.34. The first kappa shape index (κ1) is 14.5. The Morgan fingerprint density at radius 1 is 1.35 bits per heavy atom. The fourth-order valence-electron chi connectivity index (χ4n) is 2.69. The Kier molecular flexibility index (Phi) is 6.52. The van der Waals surface area contributed by atoms with Crippen molar-refractivity contribution in [3.8, 4) is 0 Å². The van der Waals surface area contributed by atoms with Crippen LogP contribution in [0.25, 0.3) is 0 Å². The molecule has 1 heterocycles. The number of ether oxygens (including phenoxy) is 1. The molecule has 1 amide bonds. The predicted molar refractivity (Wildman–Crippen MR) is 68.9 cm³/mol. The molecule has 0 aromatic heterocycles. The third-order valence-electron chi connectivity index (χ3n) is 3.19. The zero-order chi connectivity index (χ0) is 12.7. The van der Waals surface area contributed by atoms with Crippen molar-refractivity contribution in [1.82, 2.24) is 10.2 Å². The Hall–Kier alpha value is -0.610. The van der Waals surface area contributed by atoms with E-state index >= 15 is 0 Å². The maximum Gasteiger partial charge on any atom is 0.245 e. The number of carbonyl (C=O) groups is 1. The molecule has 1 fully saturated rings. The summed E-state index contributed by atoms with van der Waals surface area (Å²) in [5, 5.41) is 2.85. The molecular weight excluding hydrogens is 216 g/mol. The largest absolute Gasteiger partial charge is 0.375 e. The van der Waals surface area contributed by atoms with Crippen LogP contribution >= 0.6 is 0 Å². The molecule has 0 aliphatic carbocycles. The van der Waals surface area contributed by atoms with Gasteiger partial charge in [-0.05, 0) is 31.2 Å². The molecule has 1 aliphatic heterocycles. The summed E-state index contributed by atoms with van der Waals surface area (Å²) < 4.78 is 4.76. The molecule has 1 N–H and O–H groups in total. The fourth-order valence-corrected chi connectivity index (χ4v) is 2.69. The third kappa shape index (κ3) is 6.03. The first-order valence-electron chi connectivity index (χ1n) is 6.59. The number of hydrogen-bond acceptors (Lipinski definition) is 3. The van der Waals surface area contributed by atoms with E-state index < -0.39 is 0 Å². The van der Waals surface area contributed by atoms with Crippen LogP contribution in [0.5, 0.6) is 0 Å². The van der Waals surface area contributed by atoms with Crippen molar-refractivity contribution in [3.05, 3.63) is 0 Å². The summed E-state index contributed by atoms with van der Waals surface area (Å²) in [5.74, 6) is 1.59. The van der Waals surface area contributed by atoms with E-state index in [1.54, 1.807) is 0 Å². The van der Waals surface area contributed by atoms with Crippen molar-refractivity contribution in [1.29, 1.82) is 0 Å². The Balaban J connectivity index is 2.08. The summed E-state index contributed by atoms with van der Waals surface area (Å²) in [7, 11) is 1.54. The highest BCUT2D eigenvalue weighted by Gasteiger charge is 2.20. The lowest BCUT2D eigenvalue weighted by molar-refractivity contribution is -0.124. The van der Waals surface area contributed by atoms with Gasteiger partial charge in [0.25, 0.3) is 0 Å². The van der Waals surface area contributed by atoms with E-state index in [0.29, 0.717) is 0 Å². The smallest absolute Gasteiger partial charge is 0.245 e. The summed E-state index contributed by atoms with van der Waals surface area (Å²) in [5.41, 5.74) is 0. The number of nitrogens with zero attached hydrogens (tertiary/aromatic N) is 1. The lowest BCUT2D eigenvalue weighted by Gasteiger charge is -2.34. The number of nitrogens with one attached hydrogen (secondary N) is 1. The van der Waals surface area contributed by atoms with E-state index in [2.05, 4.69) is 24.1 Å². The molecule has 4 nitrogen and oxygen atoms in total. The van der Waals surface area contributed by atoms with Crippen LogP contribution in [0.4, 0.5) is 0 Å². The van der Waals surface area contributed by atoms with Crippen LogP contribution in [0, 0.1) is 11.8 Å². The quantitative estimate of drug-likeness (QED) is 0.710. The van der Waals surface area contributed by atoms with Gasteiger partial charge in [0, 0.05) is 26.7 Å². The summed E-state index contributed by atoms with van der Waals surface area (Å²) >= 11 is 0. The molecular formula is C13H26N2O2. The van der Waals surface area contributed by atoms with Gasteiger partial charge in [-0.25, -0.2) is 0 Å². The number of rotatable bonds is 6. The molecule has 1 saturated heterocycles. The predicted octanol–water partition coefficient (Wildman–Crippen LogP) is 1.12. The van der Waals surface area contributed by atoms with Gasteiger partial charge < -0.3 is 15.0 Å². The van der Waals surface area contributed by atoms with E-state index in [4.69, 9.17) is 4.74 Å². The molecule has 100 valence electrons. The zero-order valence-corrected chi connectivity index (χ0v) is 11.4. The summed E-state index contributed by atoms with van der Waals surface area (Å²) in [4.78, 5) is 13.7. The minimum Gasteiger partial charge on any atom is -0.375 e. The average molecular weight is 242 g/mol. The summed E-state index contributed by atoms with van der Waals surface area (Å²) in [6.07, 6.45) is 2.37. The molecule has 1 rings (SSSR count). The van der Waals surface area contributed by atoms with Crippen LogP contribution in [-0.2, 0) is 9.53 Å². The lowest BCUT2D eigenvalue weighted by Crippen LogP contribution is -2.40. The summed E-state index contributed by atoms with van der Waals surface area (Å²) in [6.45, 7) is 9.06. The van der Waals surface area contributed by atoms with Crippen LogP contribution in [-0.4, -0.2) is 50.7 Å². The highest BCUT2D eigenvalue weighted by Crippen LogP contribution is 2.20. The number of carbonyl (C=O) groups excluding carboxylic acids is 1. The minimum atomic E-state index is -0.0205. The molecule has 1 aliphatic rings. The van der Waals surface area contributed by atoms with E-state index in [-0.39, 0.29) is 12.5 Å². The van der Waals surface area contributed by atoms with Crippen molar-refractivity contribution in [2.75, 3.05) is 39.9 Å². The number of piperidine rings is 1. The molecule has 0 unspecified atom stereocenters. The topological polar surface area (TPSA) is 41.6 Å². The second-order valence-corrected chi connectivity index (χ2v) is 5.34. The monoisotopic (exact) mass is 242 g/mol. The van der Waals surface area contributed by atoms with Crippen molar-refractivity contribution in [3.63, 3.8) is 0 Å². The Bertz CT molecular complexity index is 223. The Morgan fingerprint density at radius 3 is 2.59 bits per heavy atom. The van der Waals surface area contributed by atoms with Crippen LogP contribution in [0.3, 0.4) is 0 Å². The zero-order valence-electron chi connectivity index (χ0n) is 11.4. The number of amides is 1. The van der Waals surface area contributed by atoms with Gasteiger partial charge >= 0.3 is 0 Å². The number of likely N-dealkylation sites (tertiary alicyclic amines) is 1. The van der Waals surface area contributed by atoms with Gasteiger partial charge in [-0.3, -0.25) is 4.79 Å². The van der Waals surface area contributed by atoms with Crippen LogP contribution in [0.1, 0.15) is 26.7 Å². The fraction of sp³-hybridized carbons (Fsp3) is 0.923. The third-order valence-corrected chi connectivity index (χ3v) is 3.19. The molecule has 17 heavy (non-hydrogen) atoms. The first-order chi connectivity index (χ1) is 8.11. The maximum absolute atomic E-state index is 11.1. The highest BCUT2D eigenvalue weighted by atomic mass is 16.5. The average Bonchev–Trinajstić information content (AvgIpc) is 2.23. The van der Waals surface area contributed by atoms with Gasteiger partial charge in [-0.15, -0.1) is 0 Å².